The summed E-state index contributed by atoms with van der Waals surface area (Å²) in [6, 6.07) is 0.734. The molecule has 3 heteroatoms. The summed E-state index contributed by atoms with van der Waals surface area (Å²) in [5.74, 6) is 0. The number of piperidine rings is 1. The summed E-state index contributed by atoms with van der Waals surface area (Å²) >= 11 is 0. The number of nitrogens with zero attached hydrogens (tertiary/aromatic N) is 1. The minimum absolute atomic E-state index is 0.385. The molecular formula is C13H29N3. The molecule has 0 unspecified atom stereocenters. The van der Waals surface area contributed by atoms with E-state index >= 15 is 0 Å². The van der Waals surface area contributed by atoms with E-state index in [0.29, 0.717) is 5.54 Å². The fourth-order valence-electron chi connectivity index (χ4n) is 2.31. The van der Waals surface area contributed by atoms with Crippen molar-refractivity contribution in [2.45, 2.75) is 51.6 Å². The molecule has 1 aliphatic rings. The van der Waals surface area contributed by atoms with E-state index in [1.54, 1.807) is 0 Å². The Labute approximate surface area is 101 Å². The van der Waals surface area contributed by atoms with Gasteiger partial charge in [-0.2, -0.15) is 0 Å². The minimum atomic E-state index is 0.385. The van der Waals surface area contributed by atoms with Gasteiger partial charge in [-0.05, 0) is 40.2 Å². The highest BCUT2D eigenvalue weighted by Crippen LogP contribution is 2.23. The fourth-order valence-corrected chi connectivity index (χ4v) is 2.31. The Balaban J connectivity index is 2.23. The van der Waals surface area contributed by atoms with Gasteiger partial charge in [-0.3, -0.25) is 4.90 Å². The Morgan fingerprint density at radius 3 is 2.31 bits per heavy atom. The molecule has 1 rings (SSSR count). The fraction of sp³-hybridized carbons (Fsp3) is 1.00. The highest BCUT2D eigenvalue weighted by atomic mass is 15.2. The van der Waals surface area contributed by atoms with Crippen LogP contribution in [-0.4, -0.2) is 49.7 Å². The molecule has 0 saturated carbocycles. The van der Waals surface area contributed by atoms with E-state index in [0.717, 1.165) is 19.1 Å². The second-order valence-electron chi connectivity index (χ2n) is 5.48. The molecule has 1 fully saturated rings. The zero-order valence-corrected chi connectivity index (χ0v) is 11.5. The molecule has 0 spiro atoms. The molecule has 16 heavy (non-hydrogen) atoms. The molecule has 1 saturated heterocycles. The molecular weight excluding hydrogens is 198 g/mol. The molecule has 0 amide bonds. The van der Waals surface area contributed by atoms with Crippen LogP contribution < -0.4 is 10.6 Å². The molecule has 0 atom stereocenters. The van der Waals surface area contributed by atoms with Crippen molar-refractivity contribution in [2.24, 2.45) is 0 Å². The normalized spacial score (nSPS) is 20.2. The lowest BCUT2D eigenvalue weighted by Crippen LogP contribution is -2.51. The first kappa shape index (κ1) is 13.9. The standard InChI is InChI=1S/C13H29N3/c1-5-13(2,3)16-10-6-12(7-11-16)15-9-8-14-4/h12,14-15H,5-11H2,1-4H3. The molecule has 0 aromatic carbocycles. The van der Waals surface area contributed by atoms with Crippen LogP contribution in [0.25, 0.3) is 0 Å². The van der Waals surface area contributed by atoms with Gasteiger partial charge in [0, 0.05) is 37.8 Å². The van der Waals surface area contributed by atoms with Gasteiger partial charge in [0.2, 0.25) is 0 Å². The first-order valence-electron chi connectivity index (χ1n) is 6.73. The van der Waals surface area contributed by atoms with E-state index in [9.17, 15) is 0 Å². The van der Waals surface area contributed by atoms with E-state index in [1.807, 2.05) is 7.05 Å². The monoisotopic (exact) mass is 227 g/mol. The van der Waals surface area contributed by atoms with Gasteiger partial charge in [0.1, 0.15) is 0 Å². The van der Waals surface area contributed by atoms with E-state index in [4.69, 9.17) is 0 Å². The molecule has 1 heterocycles. The van der Waals surface area contributed by atoms with Crippen LogP contribution >= 0.6 is 0 Å². The topological polar surface area (TPSA) is 27.3 Å². The van der Waals surface area contributed by atoms with Crippen molar-refractivity contribution < 1.29 is 0 Å². The van der Waals surface area contributed by atoms with Crippen molar-refractivity contribution in [3.63, 3.8) is 0 Å². The van der Waals surface area contributed by atoms with Crippen LogP contribution in [0.1, 0.15) is 40.0 Å². The lowest BCUT2D eigenvalue weighted by Gasteiger charge is -2.42. The van der Waals surface area contributed by atoms with Crippen molar-refractivity contribution in [1.82, 2.24) is 15.5 Å². The smallest absolute Gasteiger partial charge is 0.0150 e. The van der Waals surface area contributed by atoms with Crippen molar-refractivity contribution in [3.05, 3.63) is 0 Å². The molecule has 0 bridgehead atoms. The molecule has 1 aliphatic heterocycles. The van der Waals surface area contributed by atoms with E-state index in [-0.39, 0.29) is 0 Å². The number of hydrogen-bond acceptors (Lipinski definition) is 3. The quantitative estimate of drug-likeness (QED) is 0.673. The van der Waals surface area contributed by atoms with Crippen molar-refractivity contribution in [1.29, 1.82) is 0 Å². The highest BCUT2D eigenvalue weighted by Gasteiger charge is 2.28. The maximum absolute atomic E-state index is 3.62. The predicted octanol–water partition coefficient (Wildman–Crippen LogP) is 1.45. The zero-order chi connectivity index (χ0) is 12.0. The van der Waals surface area contributed by atoms with Crippen molar-refractivity contribution >= 4 is 0 Å². The lowest BCUT2D eigenvalue weighted by atomic mass is 9.94. The van der Waals surface area contributed by atoms with E-state index < -0.39 is 0 Å². The molecule has 96 valence electrons. The first-order valence-corrected chi connectivity index (χ1v) is 6.73. The third kappa shape index (κ3) is 4.04. The average molecular weight is 227 g/mol. The summed E-state index contributed by atoms with van der Waals surface area (Å²) in [6.45, 7) is 11.7. The SMILES string of the molecule is CCC(C)(C)N1CCC(NCCNC)CC1. The average Bonchev–Trinajstić information content (AvgIpc) is 2.30. The first-order chi connectivity index (χ1) is 7.60. The van der Waals surface area contributed by atoms with Gasteiger partial charge in [0.15, 0.2) is 0 Å². The summed E-state index contributed by atoms with van der Waals surface area (Å²) in [7, 11) is 2.01. The summed E-state index contributed by atoms with van der Waals surface area (Å²) < 4.78 is 0. The molecule has 0 aromatic rings. The Bertz CT molecular complexity index is 184. The van der Waals surface area contributed by atoms with Gasteiger partial charge in [-0.25, -0.2) is 0 Å². The van der Waals surface area contributed by atoms with Crippen LogP contribution in [0.5, 0.6) is 0 Å². The molecule has 0 radical (unpaired) electrons. The van der Waals surface area contributed by atoms with Gasteiger partial charge in [-0.15, -0.1) is 0 Å². The van der Waals surface area contributed by atoms with Crippen LogP contribution in [0.3, 0.4) is 0 Å². The Morgan fingerprint density at radius 2 is 1.81 bits per heavy atom. The predicted molar refractivity (Wildman–Crippen MR) is 70.9 cm³/mol. The molecule has 2 N–H and O–H groups in total. The Hall–Kier alpha value is -0.120. The third-order valence-corrected chi connectivity index (χ3v) is 4.02. The van der Waals surface area contributed by atoms with Gasteiger partial charge < -0.3 is 10.6 Å². The molecule has 3 nitrogen and oxygen atoms in total. The van der Waals surface area contributed by atoms with Crippen LogP contribution in [0.15, 0.2) is 0 Å². The minimum Gasteiger partial charge on any atom is -0.318 e. The van der Waals surface area contributed by atoms with Crippen LogP contribution in [0.2, 0.25) is 0 Å². The lowest BCUT2D eigenvalue weighted by molar-refractivity contribution is 0.0800. The third-order valence-electron chi connectivity index (χ3n) is 4.02. The zero-order valence-electron chi connectivity index (χ0n) is 11.5. The maximum atomic E-state index is 3.62. The van der Waals surface area contributed by atoms with E-state index in [1.165, 1.54) is 32.4 Å². The van der Waals surface area contributed by atoms with Crippen LogP contribution in [0, 0.1) is 0 Å². The second-order valence-corrected chi connectivity index (χ2v) is 5.48. The largest absolute Gasteiger partial charge is 0.318 e. The number of hydrogen-bond donors (Lipinski definition) is 2. The molecule has 0 aromatic heterocycles. The van der Waals surface area contributed by atoms with Gasteiger partial charge in [-0.1, -0.05) is 6.92 Å². The van der Waals surface area contributed by atoms with Gasteiger partial charge in [0.05, 0.1) is 0 Å². The Kier molecular flexibility index (Phi) is 5.73. The van der Waals surface area contributed by atoms with Crippen molar-refractivity contribution in [2.75, 3.05) is 33.2 Å². The van der Waals surface area contributed by atoms with Crippen molar-refractivity contribution in [3.8, 4) is 0 Å². The summed E-state index contributed by atoms with van der Waals surface area (Å²) in [5.41, 5.74) is 0.385. The molecule has 0 aliphatic carbocycles. The number of likely N-dealkylation sites (N-methyl/N-ethyl adjacent to an activating group) is 1. The number of likely N-dealkylation sites (tertiary alicyclic amines) is 1. The maximum Gasteiger partial charge on any atom is 0.0150 e. The van der Waals surface area contributed by atoms with Crippen LogP contribution in [-0.2, 0) is 0 Å². The van der Waals surface area contributed by atoms with Crippen LogP contribution in [0.4, 0.5) is 0 Å². The number of nitrogens with one attached hydrogen (secondary N) is 2. The second kappa shape index (κ2) is 6.58. The summed E-state index contributed by atoms with van der Waals surface area (Å²) in [6.07, 6.45) is 3.84. The van der Waals surface area contributed by atoms with Gasteiger partial charge >= 0.3 is 0 Å². The van der Waals surface area contributed by atoms with E-state index in [2.05, 4.69) is 36.3 Å². The van der Waals surface area contributed by atoms with Gasteiger partial charge in [0.25, 0.3) is 0 Å². The Morgan fingerprint density at radius 1 is 1.19 bits per heavy atom. The highest BCUT2D eigenvalue weighted by molar-refractivity contribution is 4.86. The summed E-state index contributed by atoms with van der Waals surface area (Å²) in [4.78, 5) is 2.64. The summed E-state index contributed by atoms with van der Waals surface area (Å²) in [5, 5.41) is 6.80. The number of rotatable bonds is 6.